The van der Waals surface area contributed by atoms with E-state index in [0.717, 1.165) is 16.3 Å². The van der Waals surface area contributed by atoms with Crippen LogP contribution in [0.15, 0.2) is 36.9 Å². The van der Waals surface area contributed by atoms with E-state index in [2.05, 4.69) is 15.3 Å². The number of nitrogens with zero attached hydrogens (tertiary/aromatic N) is 6. The zero-order valence-electron chi connectivity index (χ0n) is 21.1. The molecule has 0 aliphatic carbocycles. The van der Waals surface area contributed by atoms with E-state index in [1.165, 1.54) is 4.68 Å². The van der Waals surface area contributed by atoms with Crippen LogP contribution in [0.25, 0.3) is 16.9 Å². The number of imidazole rings is 1. The molecular weight excluding hydrogens is 473 g/mol. The summed E-state index contributed by atoms with van der Waals surface area (Å²) in [6.07, 6.45) is 1.61. The normalized spacial score (nSPS) is 19.4. The Morgan fingerprint density at radius 3 is 2.53 bits per heavy atom. The molecule has 0 radical (unpaired) electrons. The lowest BCUT2D eigenvalue weighted by Crippen LogP contribution is -2.42. The molecule has 0 unspecified atom stereocenters. The number of carbonyl (C=O) groups is 1. The number of amides is 1. The molecule has 0 N–H and O–H groups in total. The minimum Gasteiger partial charge on any atom is -0.495 e. The highest BCUT2D eigenvalue weighted by Gasteiger charge is 2.41. The van der Waals surface area contributed by atoms with Gasteiger partial charge in [-0.05, 0) is 43.2 Å². The summed E-state index contributed by atoms with van der Waals surface area (Å²) in [6, 6.07) is 4.66. The van der Waals surface area contributed by atoms with Gasteiger partial charge in [0, 0.05) is 18.3 Å². The van der Waals surface area contributed by atoms with Gasteiger partial charge in [-0.2, -0.15) is 13.2 Å². The Morgan fingerprint density at radius 1 is 1.17 bits per heavy atom. The zero-order valence-corrected chi connectivity index (χ0v) is 21.1. The van der Waals surface area contributed by atoms with E-state index >= 15 is 0 Å². The van der Waals surface area contributed by atoms with Crippen LogP contribution in [0.1, 0.15) is 45.3 Å². The highest BCUT2D eigenvalue weighted by molar-refractivity contribution is 5.81. The Morgan fingerprint density at radius 2 is 1.92 bits per heavy atom. The molecule has 0 bridgehead atoms. The monoisotopic (exact) mass is 504 g/mol. The van der Waals surface area contributed by atoms with Crippen LogP contribution in [0.2, 0.25) is 0 Å². The number of benzene rings is 1. The quantitative estimate of drug-likeness (QED) is 0.497. The summed E-state index contributed by atoms with van der Waals surface area (Å²) in [5.74, 6) is 0.0448. The summed E-state index contributed by atoms with van der Waals surface area (Å²) in [6.45, 7) is 6.81. The van der Waals surface area contributed by atoms with Gasteiger partial charge in [-0.3, -0.25) is 4.79 Å². The number of carbonyl (C=O) groups excluding carboxylic acids is 1. The van der Waals surface area contributed by atoms with Crippen molar-refractivity contribution in [1.82, 2.24) is 29.4 Å². The first-order chi connectivity index (χ1) is 16.9. The molecule has 0 saturated carbocycles. The van der Waals surface area contributed by atoms with Crippen molar-refractivity contribution in [2.45, 2.75) is 52.8 Å². The van der Waals surface area contributed by atoms with Crippen LogP contribution in [0.3, 0.4) is 0 Å². The average Bonchev–Trinajstić information content (AvgIpc) is 3.42. The smallest absolute Gasteiger partial charge is 0.406 e. The van der Waals surface area contributed by atoms with Crippen LogP contribution in [-0.2, 0) is 4.79 Å². The fourth-order valence-corrected chi connectivity index (χ4v) is 4.67. The summed E-state index contributed by atoms with van der Waals surface area (Å²) >= 11 is 0. The first-order valence-electron chi connectivity index (χ1n) is 11.8. The van der Waals surface area contributed by atoms with E-state index in [4.69, 9.17) is 4.74 Å². The molecule has 11 heteroatoms. The Kier molecular flexibility index (Phi) is 6.85. The third kappa shape index (κ3) is 5.55. The summed E-state index contributed by atoms with van der Waals surface area (Å²) in [7, 11) is 1.56. The largest absolute Gasteiger partial charge is 0.495 e. The second kappa shape index (κ2) is 9.59. The van der Waals surface area contributed by atoms with Crippen molar-refractivity contribution >= 4 is 5.91 Å². The zero-order chi connectivity index (χ0) is 26.3. The van der Waals surface area contributed by atoms with E-state index in [9.17, 15) is 18.0 Å². The van der Waals surface area contributed by atoms with Crippen molar-refractivity contribution in [3.8, 4) is 22.7 Å². The number of likely N-dealkylation sites (tertiary alicyclic amines) is 1. The van der Waals surface area contributed by atoms with E-state index in [0.29, 0.717) is 29.8 Å². The maximum absolute atomic E-state index is 13.3. The molecule has 1 aromatic carbocycles. The minimum absolute atomic E-state index is 0.0374. The lowest BCUT2D eigenvalue weighted by molar-refractivity contribution is -0.162. The van der Waals surface area contributed by atoms with Gasteiger partial charge in [0.15, 0.2) is 0 Å². The minimum atomic E-state index is -4.47. The number of ether oxygens (including phenoxy) is 1. The summed E-state index contributed by atoms with van der Waals surface area (Å²) < 4.78 is 48.5. The van der Waals surface area contributed by atoms with E-state index in [1.807, 2.05) is 56.7 Å². The Balaban J connectivity index is 1.66. The Labute approximate surface area is 208 Å². The molecular formula is C25H31F3N6O2. The molecule has 1 aliphatic rings. The SMILES string of the molecule is COc1cc(-c2cn([C@@H]3C[C@H](C(C)(C)C)CCN(CC(F)(F)F)C3=O)nn2)ccc1-n1cnc(C)c1. The first kappa shape index (κ1) is 25.7. The van der Waals surface area contributed by atoms with Crippen molar-refractivity contribution in [2.75, 3.05) is 20.2 Å². The summed E-state index contributed by atoms with van der Waals surface area (Å²) in [5, 5.41) is 8.42. The molecule has 36 heavy (non-hydrogen) atoms. The molecule has 0 spiro atoms. The number of aromatic nitrogens is 5. The predicted molar refractivity (Wildman–Crippen MR) is 128 cm³/mol. The van der Waals surface area contributed by atoms with Gasteiger partial charge in [0.1, 0.15) is 24.0 Å². The van der Waals surface area contributed by atoms with Crippen molar-refractivity contribution in [3.63, 3.8) is 0 Å². The fraction of sp³-hybridized carbons (Fsp3) is 0.520. The van der Waals surface area contributed by atoms with Gasteiger partial charge in [-0.1, -0.05) is 32.1 Å². The van der Waals surface area contributed by atoms with Crippen LogP contribution >= 0.6 is 0 Å². The topological polar surface area (TPSA) is 78.1 Å². The van der Waals surface area contributed by atoms with Crippen LogP contribution in [-0.4, -0.2) is 61.7 Å². The van der Waals surface area contributed by atoms with E-state index < -0.39 is 24.7 Å². The molecule has 1 amide bonds. The standard InChI is InChI=1S/C25H31F3N6O2/c1-16-12-33(15-29-16)20-7-6-17(10-22(20)36-5)19-13-34(31-30-19)21-11-18(24(2,3)4)8-9-32(23(21)35)14-25(26,27)28/h6-7,10,12-13,15,18,21H,8-9,11,14H2,1-5H3/t18-,21-/m1/s1. The predicted octanol–water partition coefficient (Wildman–Crippen LogP) is 4.84. The van der Waals surface area contributed by atoms with Gasteiger partial charge in [0.2, 0.25) is 5.91 Å². The van der Waals surface area contributed by atoms with E-state index in [1.54, 1.807) is 19.6 Å². The molecule has 2 aromatic heterocycles. The molecule has 1 fully saturated rings. The second-order valence-electron chi connectivity index (χ2n) is 10.4. The van der Waals surface area contributed by atoms with Gasteiger partial charge >= 0.3 is 6.18 Å². The molecule has 4 rings (SSSR count). The number of methoxy groups -OCH3 is 1. The first-order valence-corrected chi connectivity index (χ1v) is 11.8. The average molecular weight is 505 g/mol. The number of hydrogen-bond donors (Lipinski definition) is 0. The van der Waals surface area contributed by atoms with Crippen molar-refractivity contribution in [3.05, 3.63) is 42.6 Å². The summed E-state index contributed by atoms with van der Waals surface area (Å²) in [4.78, 5) is 18.4. The third-order valence-corrected chi connectivity index (χ3v) is 6.74. The van der Waals surface area contributed by atoms with Gasteiger partial charge in [-0.25, -0.2) is 9.67 Å². The number of hydrogen-bond acceptors (Lipinski definition) is 5. The maximum atomic E-state index is 13.3. The van der Waals surface area contributed by atoms with Gasteiger partial charge in [0.25, 0.3) is 0 Å². The maximum Gasteiger partial charge on any atom is 0.406 e. The number of alkyl halides is 3. The number of aryl methyl sites for hydroxylation is 1. The second-order valence-corrected chi connectivity index (χ2v) is 10.4. The van der Waals surface area contributed by atoms with Gasteiger partial charge in [-0.15, -0.1) is 5.10 Å². The molecule has 1 saturated heterocycles. The molecule has 3 heterocycles. The Hall–Kier alpha value is -3.37. The van der Waals surface area contributed by atoms with Crippen LogP contribution < -0.4 is 4.74 Å². The molecule has 8 nitrogen and oxygen atoms in total. The Bertz CT molecular complexity index is 1230. The van der Waals surface area contributed by atoms with Crippen molar-refractivity contribution in [1.29, 1.82) is 0 Å². The molecule has 194 valence electrons. The molecule has 1 aliphatic heterocycles. The fourth-order valence-electron chi connectivity index (χ4n) is 4.67. The van der Waals surface area contributed by atoms with Crippen LogP contribution in [0, 0.1) is 18.3 Å². The van der Waals surface area contributed by atoms with Crippen LogP contribution in [0.4, 0.5) is 13.2 Å². The van der Waals surface area contributed by atoms with Crippen molar-refractivity contribution < 1.29 is 22.7 Å². The molecule has 3 aromatic rings. The van der Waals surface area contributed by atoms with Crippen molar-refractivity contribution in [2.24, 2.45) is 11.3 Å². The summed E-state index contributed by atoms with van der Waals surface area (Å²) in [5.41, 5.74) is 2.69. The number of halogens is 3. The lowest BCUT2D eigenvalue weighted by atomic mass is 9.76. The van der Waals surface area contributed by atoms with E-state index in [-0.39, 0.29) is 17.9 Å². The van der Waals surface area contributed by atoms with Crippen LogP contribution in [0.5, 0.6) is 5.75 Å². The number of rotatable bonds is 5. The lowest BCUT2D eigenvalue weighted by Gasteiger charge is -2.30. The highest BCUT2D eigenvalue weighted by Crippen LogP contribution is 2.39. The highest BCUT2D eigenvalue weighted by atomic mass is 19.4. The third-order valence-electron chi connectivity index (χ3n) is 6.74. The molecule has 2 atom stereocenters. The van der Waals surface area contributed by atoms with Gasteiger partial charge in [0.05, 0.1) is 31.0 Å². The van der Waals surface area contributed by atoms with Gasteiger partial charge < -0.3 is 14.2 Å².